The van der Waals surface area contributed by atoms with Gasteiger partial charge in [-0.25, -0.2) is 0 Å². The number of alkyl halides is 3. The lowest BCUT2D eigenvalue weighted by atomic mass is 9.97. The first-order valence-corrected chi connectivity index (χ1v) is 8.34. The lowest BCUT2D eigenvalue weighted by Crippen LogP contribution is -2.43. The maximum absolute atomic E-state index is 13.0. The summed E-state index contributed by atoms with van der Waals surface area (Å²) >= 11 is 0. The van der Waals surface area contributed by atoms with Gasteiger partial charge < -0.3 is 10.2 Å². The van der Waals surface area contributed by atoms with Crippen LogP contribution < -0.4 is 10.2 Å². The molecule has 2 aromatic rings. The largest absolute Gasteiger partial charge is 0.417 e. The third-order valence-corrected chi connectivity index (χ3v) is 4.34. The van der Waals surface area contributed by atoms with E-state index in [1.54, 1.807) is 0 Å². The maximum Gasteiger partial charge on any atom is 0.417 e. The second kappa shape index (κ2) is 6.89. The number of carbonyl (C=O) groups excluding carboxylic acids is 1. The van der Waals surface area contributed by atoms with Gasteiger partial charge in [-0.1, -0.05) is 6.92 Å². The molecule has 0 saturated carbocycles. The first-order valence-electron chi connectivity index (χ1n) is 8.34. The van der Waals surface area contributed by atoms with Crippen LogP contribution in [0.4, 0.5) is 19.1 Å². The molecule has 1 aliphatic rings. The SMILES string of the molecule is CCCNC(=O)[C@@H]1CCCN(c2nnc3ccc(C(F)(F)F)cn23)C1. The Kier molecular flexibility index (Phi) is 4.82. The van der Waals surface area contributed by atoms with Crippen LogP contribution in [0.3, 0.4) is 0 Å². The minimum absolute atomic E-state index is 0.0173. The molecule has 1 saturated heterocycles. The Balaban J connectivity index is 1.84. The topological polar surface area (TPSA) is 62.5 Å². The van der Waals surface area contributed by atoms with E-state index in [-0.39, 0.29) is 11.8 Å². The van der Waals surface area contributed by atoms with Gasteiger partial charge in [0.2, 0.25) is 11.9 Å². The van der Waals surface area contributed by atoms with Crippen LogP contribution in [0.5, 0.6) is 0 Å². The smallest absolute Gasteiger partial charge is 0.356 e. The van der Waals surface area contributed by atoms with Gasteiger partial charge in [0.15, 0.2) is 5.65 Å². The molecule has 1 aliphatic heterocycles. The van der Waals surface area contributed by atoms with Crippen molar-refractivity contribution >= 4 is 17.5 Å². The molecular weight excluding hydrogens is 335 g/mol. The zero-order valence-corrected chi connectivity index (χ0v) is 13.9. The summed E-state index contributed by atoms with van der Waals surface area (Å²) in [4.78, 5) is 14.0. The molecule has 3 rings (SSSR count). The van der Waals surface area contributed by atoms with Crippen molar-refractivity contribution in [3.63, 3.8) is 0 Å². The van der Waals surface area contributed by atoms with Crippen molar-refractivity contribution in [1.82, 2.24) is 19.9 Å². The van der Waals surface area contributed by atoms with E-state index in [1.165, 1.54) is 10.5 Å². The summed E-state index contributed by atoms with van der Waals surface area (Å²) in [6.45, 7) is 3.66. The number of amides is 1. The highest BCUT2D eigenvalue weighted by Crippen LogP contribution is 2.30. The minimum Gasteiger partial charge on any atom is -0.356 e. The van der Waals surface area contributed by atoms with Crippen molar-refractivity contribution in [3.05, 3.63) is 23.9 Å². The number of hydrogen-bond acceptors (Lipinski definition) is 4. The number of carbonyl (C=O) groups is 1. The highest BCUT2D eigenvalue weighted by molar-refractivity contribution is 5.79. The number of pyridine rings is 1. The Morgan fingerprint density at radius 1 is 1.36 bits per heavy atom. The average molecular weight is 355 g/mol. The van der Waals surface area contributed by atoms with E-state index in [2.05, 4.69) is 15.5 Å². The van der Waals surface area contributed by atoms with Gasteiger partial charge >= 0.3 is 6.18 Å². The highest BCUT2D eigenvalue weighted by Gasteiger charge is 2.32. The lowest BCUT2D eigenvalue weighted by Gasteiger charge is -2.32. The first-order chi connectivity index (χ1) is 11.9. The van der Waals surface area contributed by atoms with Crippen LogP contribution in [0.25, 0.3) is 5.65 Å². The number of piperidine rings is 1. The summed E-state index contributed by atoms with van der Waals surface area (Å²) in [6.07, 6.45) is -1.03. The molecule has 3 heterocycles. The molecule has 136 valence electrons. The molecule has 1 amide bonds. The van der Waals surface area contributed by atoms with Crippen LogP contribution >= 0.6 is 0 Å². The van der Waals surface area contributed by atoms with Crippen molar-refractivity contribution < 1.29 is 18.0 Å². The number of halogens is 3. The van der Waals surface area contributed by atoms with Crippen molar-refractivity contribution in [2.45, 2.75) is 32.4 Å². The quantitative estimate of drug-likeness (QED) is 0.915. The van der Waals surface area contributed by atoms with Crippen molar-refractivity contribution in [2.24, 2.45) is 5.92 Å². The van der Waals surface area contributed by atoms with E-state index >= 15 is 0 Å². The average Bonchev–Trinajstić information content (AvgIpc) is 3.02. The number of hydrogen-bond donors (Lipinski definition) is 1. The third-order valence-electron chi connectivity index (χ3n) is 4.34. The molecule has 0 radical (unpaired) electrons. The molecule has 0 aromatic carbocycles. The molecule has 0 spiro atoms. The van der Waals surface area contributed by atoms with E-state index in [4.69, 9.17) is 0 Å². The van der Waals surface area contributed by atoms with Gasteiger partial charge in [-0.15, -0.1) is 10.2 Å². The van der Waals surface area contributed by atoms with Crippen LogP contribution in [-0.4, -0.2) is 40.1 Å². The number of rotatable bonds is 4. The Morgan fingerprint density at radius 2 is 2.16 bits per heavy atom. The summed E-state index contributed by atoms with van der Waals surface area (Å²) < 4.78 is 40.2. The number of aromatic nitrogens is 3. The van der Waals surface area contributed by atoms with Crippen molar-refractivity contribution in [3.8, 4) is 0 Å². The summed E-state index contributed by atoms with van der Waals surface area (Å²) in [6, 6.07) is 2.29. The van der Waals surface area contributed by atoms with Crippen molar-refractivity contribution in [1.29, 1.82) is 0 Å². The predicted molar refractivity (Wildman–Crippen MR) is 86.2 cm³/mol. The van der Waals surface area contributed by atoms with E-state index in [9.17, 15) is 18.0 Å². The molecular formula is C16H20F3N5O. The van der Waals surface area contributed by atoms with Crippen LogP contribution in [0.15, 0.2) is 18.3 Å². The summed E-state index contributed by atoms with van der Waals surface area (Å²) in [5.41, 5.74) is -0.407. The van der Waals surface area contributed by atoms with Gasteiger partial charge in [0.1, 0.15) is 0 Å². The van der Waals surface area contributed by atoms with Gasteiger partial charge in [-0.2, -0.15) is 13.2 Å². The molecule has 6 nitrogen and oxygen atoms in total. The second-order valence-electron chi connectivity index (χ2n) is 6.22. The van der Waals surface area contributed by atoms with E-state index in [1.807, 2.05) is 11.8 Å². The van der Waals surface area contributed by atoms with Crippen LogP contribution in [0.2, 0.25) is 0 Å². The molecule has 0 unspecified atom stereocenters. The van der Waals surface area contributed by atoms with Gasteiger partial charge in [0.25, 0.3) is 0 Å². The summed E-state index contributed by atoms with van der Waals surface area (Å²) in [7, 11) is 0. The molecule has 0 aliphatic carbocycles. The molecule has 0 bridgehead atoms. The molecule has 25 heavy (non-hydrogen) atoms. The normalized spacial score (nSPS) is 18.6. The Labute approximate surface area is 143 Å². The van der Waals surface area contributed by atoms with E-state index < -0.39 is 11.7 Å². The number of fused-ring (bicyclic) bond motifs is 1. The highest BCUT2D eigenvalue weighted by atomic mass is 19.4. The predicted octanol–water partition coefficient (Wildman–Crippen LogP) is 2.49. The summed E-state index contributed by atoms with van der Waals surface area (Å²) in [5.74, 6) is 0.129. The fraction of sp³-hybridized carbons (Fsp3) is 0.562. The number of anilines is 1. The van der Waals surface area contributed by atoms with E-state index in [0.29, 0.717) is 31.2 Å². The molecule has 9 heteroatoms. The van der Waals surface area contributed by atoms with Crippen LogP contribution in [0, 0.1) is 5.92 Å². The molecule has 1 fully saturated rings. The second-order valence-corrected chi connectivity index (χ2v) is 6.22. The molecule has 1 N–H and O–H groups in total. The van der Waals surface area contributed by atoms with Gasteiger partial charge in [0, 0.05) is 25.8 Å². The summed E-state index contributed by atoms with van der Waals surface area (Å²) in [5, 5.41) is 10.9. The Morgan fingerprint density at radius 3 is 2.88 bits per heavy atom. The third kappa shape index (κ3) is 3.69. The van der Waals surface area contributed by atoms with Crippen LogP contribution in [0.1, 0.15) is 31.7 Å². The number of nitrogens with zero attached hydrogens (tertiary/aromatic N) is 4. The monoisotopic (exact) mass is 355 g/mol. The maximum atomic E-state index is 13.0. The van der Waals surface area contributed by atoms with Gasteiger partial charge in [0.05, 0.1) is 11.5 Å². The Bertz CT molecular complexity index is 758. The zero-order valence-electron chi connectivity index (χ0n) is 13.9. The number of nitrogens with one attached hydrogen (secondary N) is 1. The van der Waals surface area contributed by atoms with Crippen LogP contribution in [-0.2, 0) is 11.0 Å². The fourth-order valence-electron chi connectivity index (χ4n) is 3.03. The van der Waals surface area contributed by atoms with E-state index in [0.717, 1.165) is 31.5 Å². The lowest BCUT2D eigenvalue weighted by molar-refractivity contribution is -0.137. The molecule has 1 atom stereocenters. The Hall–Kier alpha value is -2.32. The zero-order chi connectivity index (χ0) is 18.0. The fourth-order valence-corrected chi connectivity index (χ4v) is 3.03. The first kappa shape index (κ1) is 17.5. The van der Waals surface area contributed by atoms with Gasteiger partial charge in [-0.05, 0) is 31.4 Å². The van der Waals surface area contributed by atoms with Gasteiger partial charge in [-0.3, -0.25) is 9.20 Å². The standard InChI is InChI=1S/C16H20F3N5O/c1-2-7-20-14(25)11-4-3-8-23(9-11)15-22-21-13-6-5-12(10-24(13)15)16(17,18)19/h5-6,10-11H,2-4,7-9H2,1H3,(H,20,25)/t11-/m1/s1. The minimum atomic E-state index is -4.43. The molecule has 2 aromatic heterocycles. The van der Waals surface area contributed by atoms with Crippen molar-refractivity contribution in [2.75, 3.05) is 24.5 Å².